The molecule has 0 saturated heterocycles. The Labute approximate surface area is 58.8 Å². The molecule has 3 nitrogen and oxygen atoms in total. The first-order chi connectivity index (χ1) is 2.27. The molecule has 1 radical (unpaired) electrons. The minimum atomic E-state index is -1.62. The average molecular weight is 98.8 g/mol. The molecule has 0 spiro atoms. The molecule has 0 bridgehead atoms. The summed E-state index contributed by atoms with van der Waals surface area (Å²) in [6, 6.07) is 0. The normalized spacial score (nSPS) is 6.50. The molecule has 0 unspecified atom stereocenters. The summed E-state index contributed by atoms with van der Waals surface area (Å²) in [4.78, 5) is 0. The van der Waals surface area contributed by atoms with Crippen LogP contribution in [0, 0.1) is 0 Å². The molecule has 0 aliphatic rings. The van der Waals surface area contributed by atoms with Gasteiger partial charge in [0.25, 0.3) is 0 Å². The van der Waals surface area contributed by atoms with Gasteiger partial charge in [-0.05, 0) is 0 Å². The van der Waals surface area contributed by atoms with Crippen LogP contribution in [0.3, 0.4) is 0 Å². The van der Waals surface area contributed by atoms with Gasteiger partial charge in [-0.1, -0.05) is 0 Å². The molecule has 0 heterocycles. The van der Waals surface area contributed by atoms with Gasteiger partial charge in [0.15, 0.2) is 0 Å². The fourth-order valence-corrected chi connectivity index (χ4v) is 0. The Bertz CT molecular complexity index is 24.8. The van der Waals surface area contributed by atoms with Crippen molar-refractivity contribution < 1.29 is 14.7 Å². The quantitative estimate of drug-likeness (QED) is 0.382. The van der Waals surface area contributed by atoms with Gasteiger partial charge in [-0.3, -0.25) is 0 Å². The van der Waals surface area contributed by atoms with E-state index in [0.717, 1.165) is 0 Å². The van der Waals surface area contributed by atoms with Crippen LogP contribution in [0.5, 0.6) is 0 Å². The molecule has 5 heteroatoms. The first-order valence-electron chi connectivity index (χ1n) is 1.16. The van der Waals surface area contributed by atoms with E-state index in [1.54, 1.807) is 0 Å². The molecule has 6 heavy (non-hydrogen) atoms. The second-order valence-electron chi connectivity index (χ2n) is 0.562. The molecule has 31 valence electrons. The Kier molecular flexibility index (Phi) is 9.95. The summed E-state index contributed by atoms with van der Waals surface area (Å²) in [6.45, 7) is 0. The van der Waals surface area contributed by atoms with Crippen molar-refractivity contribution in [1.29, 1.82) is 0 Å². The van der Waals surface area contributed by atoms with E-state index < -0.39 is 7.32 Å². The van der Waals surface area contributed by atoms with Gasteiger partial charge in [0.2, 0.25) is 0 Å². The maximum Gasteiger partial charge on any atom is 0.633 e. The zero-order valence-electron chi connectivity index (χ0n) is 3.88. The van der Waals surface area contributed by atoms with Crippen LogP contribution in [-0.2, 0) is 4.65 Å². The van der Waals surface area contributed by atoms with Crippen molar-refractivity contribution in [3.05, 3.63) is 0 Å². The zero-order chi connectivity index (χ0) is 4.28. The first kappa shape index (κ1) is 10.0. The Hall–Kier alpha value is 0.945. The van der Waals surface area contributed by atoms with Gasteiger partial charge < -0.3 is 14.7 Å². The van der Waals surface area contributed by atoms with Crippen LogP contribution < -0.4 is 0 Å². The van der Waals surface area contributed by atoms with E-state index in [1.165, 1.54) is 7.11 Å². The van der Waals surface area contributed by atoms with Crippen LogP contribution in [0.2, 0.25) is 0 Å². The van der Waals surface area contributed by atoms with Gasteiger partial charge >= 0.3 is 7.32 Å². The first-order valence-corrected chi connectivity index (χ1v) is 1.16. The van der Waals surface area contributed by atoms with Crippen LogP contribution in [0.4, 0.5) is 0 Å². The van der Waals surface area contributed by atoms with Crippen LogP contribution >= 0.6 is 0 Å². The number of rotatable bonds is 1. The van der Waals surface area contributed by atoms with Crippen molar-refractivity contribution in [2.45, 2.75) is 0 Å². The third kappa shape index (κ3) is 8.87. The molecule has 0 aliphatic heterocycles. The molecule has 0 aromatic carbocycles. The van der Waals surface area contributed by atoms with E-state index in [-0.39, 0.29) is 29.6 Å². The minimum Gasteiger partial charge on any atom is -0.402 e. The van der Waals surface area contributed by atoms with Crippen molar-refractivity contribution in [2.75, 3.05) is 7.11 Å². The van der Waals surface area contributed by atoms with Gasteiger partial charge in [0.1, 0.15) is 0 Å². The van der Waals surface area contributed by atoms with Crippen molar-refractivity contribution >= 4 is 36.9 Å². The third-order valence-corrected chi connectivity index (χ3v) is 0.211. The van der Waals surface area contributed by atoms with Crippen LogP contribution in [-0.4, -0.2) is 54.0 Å². The van der Waals surface area contributed by atoms with Crippen LogP contribution in [0.15, 0.2) is 0 Å². The maximum absolute atomic E-state index is 7.69. The molecular formula is CH5BNaO3. The number of hydrogen-bond acceptors (Lipinski definition) is 3. The standard InChI is InChI=1S/CH5BO3.Na/c1-5-2(3)4;/h3-4H,1H3;. The van der Waals surface area contributed by atoms with E-state index in [4.69, 9.17) is 10.0 Å². The Balaban J connectivity index is 0. The van der Waals surface area contributed by atoms with Gasteiger partial charge in [-0.2, -0.15) is 0 Å². The molecule has 0 fully saturated rings. The molecule has 2 N–H and O–H groups in total. The van der Waals surface area contributed by atoms with Crippen molar-refractivity contribution in [1.82, 2.24) is 0 Å². The summed E-state index contributed by atoms with van der Waals surface area (Å²) in [5.74, 6) is 0. The third-order valence-electron chi connectivity index (χ3n) is 0.211. The maximum atomic E-state index is 7.69. The smallest absolute Gasteiger partial charge is 0.402 e. The molecule has 0 aliphatic carbocycles. The molecular weight excluding hydrogens is 93.8 g/mol. The Morgan fingerprint density at radius 3 is 1.67 bits per heavy atom. The van der Waals surface area contributed by atoms with Crippen molar-refractivity contribution in [2.24, 2.45) is 0 Å². The predicted molar refractivity (Wildman–Crippen MR) is 23.0 cm³/mol. The fraction of sp³-hybridized carbons (Fsp3) is 1.00. The van der Waals surface area contributed by atoms with E-state index >= 15 is 0 Å². The summed E-state index contributed by atoms with van der Waals surface area (Å²) in [7, 11) is -0.417. The van der Waals surface area contributed by atoms with E-state index in [2.05, 4.69) is 4.65 Å². The second kappa shape index (κ2) is 5.94. The second-order valence-corrected chi connectivity index (χ2v) is 0.562. The minimum absolute atomic E-state index is 0. The Morgan fingerprint density at radius 2 is 1.67 bits per heavy atom. The van der Waals surface area contributed by atoms with Crippen molar-refractivity contribution in [3.63, 3.8) is 0 Å². The Morgan fingerprint density at radius 1 is 1.50 bits per heavy atom. The molecule has 0 aromatic rings. The summed E-state index contributed by atoms with van der Waals surface area (Å²) in [5, 5.41) is 15.4. The van der Waals surface area contributed by atoms with Gasteiger partial charge in [0, 0.05) is 36.7 Å². The average Bonchev–Trinajstić information content (AvgIpc) is 1.38. The van der Waals surface area contributed by atoms with E-state index in [9.17, 15) is 0 Å². The molecule has 0 saturated carbocycles. The summed E-state index contributed by atoms with van der Waals surface area (Å²) in [6.07, 6.45) is 0. The zero-order valence-corrected chi connectivity index (χ0v) is 5.88. The summed E-state index contributed by atoms with van der Waals surface area (Å²) < 4.78 is 3.86. The SMILES string of the molecule is COB(O)O.[Na]. The van der Waals surface area contributed by atoms with Gasteiger partial charge in [-0.25, -0.2) is 0 Å². The van der Waals surface area contributed by atoms with Crippen molar-refractivity contribution in [3.8, 4) is 0 Å². The monoisotopic (exact) mass is 99.0 g/mol. The van der Waals surface area contributed by atoms with Crippen LogP contribution in [0.1, 0.15) is 0 Å². The summed E-state index contributed by atoms with van der Waals surface area (Å²) >= 11 is 0. The predicted octanol–water partition coefficient (Wildman–Crippen LogP) is -1.78. The van der Waals surface area contributed by atoms with Gasteiger partial charge in [0.05, 0.1) is 0 Å². The largest absolute Gasteiger partial charge is 0.633 e. The van der Waals surface area contributed by atoms with Crippen LogP contribution in [0.25, 0.3) is 0 Å². The van der Waals surface area contributed by atoms with Gasteiger partial charge in [-0.15, -0.1) is 0 Å². The fourth-order valence-electron chi connectivity index (χ4n) is 0. The van der Waals surface area contributed by atoms with E-state index in [1.807, 2.05) is 0 Å². The summed E-state index contributed by atoms with van der Waals surface area (Å²) in [5.41, 5.74) is 0. The topological polar surface area (TPSA) is 49.7 Å². The number of hydrogen-bond donors (Lipinski definition) is 2. The molecule has 0 rings (SSSR count). The van der Waals surface area contributed by atoms with E-state index in [0.29, 0.717) is 0 Å². The molecule has 0 atom stereocenters. The molecule has 0 aromatic heterocycles. The molecule has 0 amide bonds.